The molecule has 1 heterocycles. The number of rotatable bonds is 2. The predicted molar refractivity (Wildman–Crippen MR) is 64.6 cm³/mol. The Morgan fingerprint density at radius 3 is 2.93 bits per heavy atom. The van der Waals surface area contributed by atoms with Crippen LogP contribution < -0.4 is 0 Å². The van der Waals surface area contributed by atoms with E-state index in [4.69, 9.17) is 0 Å². The summed E-state index contributed by atoms with van der Waals surface area (Å²) in [6.45, 7) is 2.07. The molecule has 1 aromatic carbocycles. The average molecular weight is 269 g/mol. The first-order chi connectivity index (χ1) is 6.77. The van der Waals surface area contributed by atoms with Crippen LogP contribution in [0.3, 0.4) is 0 Å². The molecule has 1 aromatic heterocycles. The van der Waals surface area contributed by atoms with E-state index in [1.54, 1.807) is 11.3 Å². The first kappa shape index (κ1) is 9.87. The molecule has 0 saturated carbocycles. The normalized spacial score (nSPS) is 10.7. The van der Waals surface area contributed by atoms with E-state index < -0.39 is 0 Å². The van der Waals surface area contributed by atoms with E-state index in [9.17, 15) is 4.79 Å². The van der Waals surface area contributed by atoms with Gasteiger partial charge in [-0.05, 0) is 18.6 Å². The van der Waals surface area contributed by atoms with Gasteiger partial charge in [-0.3, -0.25) is 4.79 Å². The van der Waals surface area contributed by atoms with Crippen molar-refractivity contribution in [2.45, 2.75) is 12.3 Å². The summed E-state index contributed by atoms with van der Waals surface area (Å²) in [7, 11) is 0. The summed E-state index contributed by atoms with van der Waals surface area (Å²) >= 11 is 5.20. The van der Waals surface area contributed by atoms with Crippen molar-refractivity contribution in [3.05, 3.63) is 34.2 Å². The number of carbonyl (C=O) groups excluding carboxylic acids is 1. The van der Waals surface area contributed by atoms with Gasteiger partial charge in [0.2, 0.25) is 0 Å². The van der Waals surface area contributed by atoms with E-state index in [2.05, 4.69) is 28.9 Å². The van der Waals surface area contributed by atoms with Crippen molar-refractivity contribution < 1.29 is 4.79 Å². The van der Waals surface area contributed by atoms with Crippen LogP contribution in [0.15, 0.2) is 18.2 Å². The second kappa shape index (κ2) is 3.83. The maximum absolute atomic E-state index is 10.9. The number of thiophene rings is 1. The largest absolute Gasteiger partial charge is 0.298 e. The van der Waals surface area contributed by atoms with Crippen molar-refractivity contribution in [3.63, 3.8) is 0 Å². The number of fused-ring (bicyclic) bond motifs is 1. The molecule has 0 atom stereocenters. The third kappa shape index (κ3) is 1.41. The quantitative estimate of drug-likeness (QED) is 0.596. The van der Waals surface area contributed by atoms with E-state index in [0.29, 0.717) is 0 Å². The molecule has 1 nitrogen and oxygen atoms in total. The molecule has 0 aliphatic heterocycles. The van der Waals surface area contributed by atoms with Gasteiger partial charge in [-0.1, -0.05) is 28.1 Å². The van der Waals surface area contributed by atoms with Crippen molar-refractivity contribution in [1.82, 2.24) is 0 Å². The SMILES string of the molecule is Cc1c(CBr)sc2cccc(C=O)c12. The third-order valence-corrected chi connectivity index (χ3v) is 4.52. The highest BCUT2D eigenvalue weighted by Gasteiger charge is 2.09. The van der Waals surface area contributed by atoms with Crippen molar-refractivity contribution >= 4 is 43.6 Å². The van der Waals surface area contributed by atoms with Crippen LogP contribution >= 0.6 is 27.3 Å². The second-order valence-electron chi connectivity index (χ2n) is 3.12. The van der Waals surface area contributed by atoms with Crippen LogP contribution in [0.4, 0.5) is 0 Å². The van der Waals surface area contributed by atoms with Gasteiger partial charge in [0.15, 0.2) is 6.29 Å². The Kier molecular flexibility index (Phi) is 2.70. The molecule has 0 aliphatic rings. The number of halogens is 1. The molecule has 0 unspecified atom stereocenters. The van der Waals surface area contributed by atoms with Crippen LogP contribution in [-0.4, -0.2) is 6.29 Å². The molecule has 2 rings (SSSR count). The van der Waals surface area contributed by atoms with Crippen LogP contribution in [0.25, 0.3) is 10.1 Å². The number of alkyl halides is 1. The van der Waals surface area contributed by atoms with Crippen molar-refractivity contribution in [3.8, 4) is 0 Å². The van der Waals surface area contributed by atoms with Gasteiger partial charge in [0.05, 0.1) is 0 Å². The average Bonchev–Trinajstić information content (AvgIpc) is 2.55. The lowest BCUT2D eigenvalue weighted by atomic mass is 10.1. The fourth-order valence-electron chi connectivity index (χ4n) is 1.61. The summed E-state index contributed by atoms with van der Waals surface area (Å²) in [5.41, 5.74) is 2.02. The molecular formula is C11H9BrOS. The van der Waals surface area contributed by atoms with Gasteiger partial charge in [0.25, 0.3) is 0 Å². The van der Waals surface area contributed by atoms with E-state index in [1.165, 1.54) is 15.1 Å². The van der Waals surface area contributed by atoms with Gasteiger partial charge in [-0.15, -0.1) is 11.3 Å². The van der Waals surface area contributed by atoms with Gasteiger partial charge in [-0.25, -0.2) is 0 Å². The highest BCUT2D eigenvalue weighted by Crippen LogP contribution is 2.33. The molecule has 72 valence electrons. The van der Waals surface area contributed by atoms with E-state index in [-0.39, 0.29) is 0 Å². The zero-order chi connectivity index (χ0) is 10.1. The first-order valence-corrected chi connectivity index (χ1v) is 6.24. The summed E-state index contributed by atoms with van der Waals surface area (Å²) < 4.78 is 1.20. The minimum absolute atomic E-state index is 0.795. The van der Waals surface area contributed by atoms with Crippen LogP contribution in [0.1, 0.15) is 20.8 Å². The van der Waals surface area contributed by atoms with Gasteiger partial charge >= 0.3 is 0 Å². The van der Waals surface area contributed by atoms with Crippen molar-refractivity contribution in [2.24, 2.45) is 0 Å². The zero-order valence-corrected chi connectivity index (χ0v) is 10.1. The molecule has 0 bridgehead atoms. The maximum Gasteiger partial charge on any atom is 0.150 e. The molecule has 0 fully saturated rings. The number of hydrogen-bond donors (Lipinski definition) is 0. The molecule has 0 amide bonds. The highest BCUT2D eigenvalue weighted by atomic mass is 79.9. The maximum atomic E-state index is 10.9. The molecule has 0 saturated heterocycles. The molecule has 14 heavy (non-hydrogen) atoms. The Morgan fingerprint density at radius 1 is 1.50 bits per heavy atom. The lowest BCUT2D eigenvalue weighted by Crippen LogP contribution is -1.82. The minimum atomic E-state index is 0.795. The van der Waals surface area contributed by atoms with Crippen molar-refractivity contribution in [1.29, 1.82) is 0 Å². The smallest absolute Gasteiger partial charge is 0.150 e. The number of carbonyl (C=O) groups is 1. The lowest BCUT2D eigenvalue weighted by molar-refractivity contribution is 0.112. The zero-order valence-electron chi connectivity index (χ0n) is 7.71. The van der Waals surface area contributed by atoms with Gasteiger partial charge in [0.1, 0.15) is 0 Å². The fraction of sp³-hybridized carbons (Fsp3) is 0.182. The fourth-order valence-corrected chi connectivity index (χ4v) is 3.47. The summed E-state index contributed by atoms with van der Waals surface area (Å²) in [6, 6.07) is 5.86. The highest BCUT2D eigenvalue weighted by molar-refractivity contribution is 9.08. The summed E-state index contributed by atoms with van der Waals surface area (Å²) in [5, 5.41) is 1.97. The Bertz CT molecular complexity index is 487. The Morgan fingerprint density at radius 2 is 2.29 bits per heavy atom. The van der Waals surface area contributed by atoms with E-state index in [0.717, 1.165) is 22.6 Å². The van der Waals surface area contributed by atoms with Gasteiger partial charge < -0.3 is 0 Å². The molecular weight excluding hydrogens is 260 g/mol. The van der Waals surface area contributed by atoms with Gasteiger partial charge in [0, 0.05) is 25.9 Å². The summed E-state index contributed by atoms with van der Waals surface area (Å²) in [6.07, 6.45) is 0.931. The predicted octanol–water partition coefficient (Wildman–Crippen LogP) is 3.92. The molecule has 0 spiro atoms. The van der Waals surface area contributed by atoms with Crippen LogP contribution in [0, 0.1) is 6.92 Å². The molecule has 0 aliphatic carbocycles. The van der Waals surface area contributed by atoms with E-state index >= 15 is 0 Å². The lowest BCUT2D eigenvalue weighted by Gasteiger charge is -1.96. The van der Waals surface area contributed by atoms with Gasteiger partial charge in [-0.2, -0.15) is 0 Å². The van der Waals surface area contributed by atoms with E-state index in [1.807, 2.05) is 12.1 Å². The number of hydrogen-bond acceptors (Lipinski definition) is 2. The third-order valence-electron chi connectivity index (χ3n) is 2.33. The minimum Gasteiger partial charge on any atom is -0.298 e. The topological polar surface area (TPSA) is 17.1 Å². The molecule has 0 radical (unpaired) electrons. The summed E-state index contributed by atoms with van der Waals surface area (Å²) in [4.78, 5) is 12.2. The van der Waals surface area contributed by atoms with Crippen LogP contribution in [-0.2, 0) is 5.33 Å². The Labute approximate surface area is 94.9 Å². The van der Waals surface area contributed by atoms with Crippen LogP contribution in [0.2, 0.25) is 0 Å². The van der Waals surface area contributed by atoms with Crippen molar-refractivity contribution in [2.75, 3.05) is 0 Å². The Balaban J connectivity index is 2.85. The van der Waals surface area contributed by atoms with Crippen LogP contribution in [0.5, 0.6) is 0 Å². The molecule has 2 aromatic rings. The number of aldehydes is 1. The standard InChI is InChI=1S/C11H9BrOS/c1-7-10(5-12)14-9-4-2-3-8(6-13)11(7)9/h2-4,6H,5H2,1H3. The first-order valence-electron chi connectivity index (χ1n) is 4.30. The molecule has 0 N–H and O–H groups in total. The number of aryl methyl sites for hydroxylation is 1. The number of benzene rings is 1. The Hall–Kier alpha value is -0.670. The summed E-state index contributed by atoms with van der Waals surface area (Å²) in [5.74, 6) is 0. The molecule has 3 heteroatoms. The second-order valence-corrected chi connectivity index (χ2v) is 4.82. The monoisotopic (exact) mass is 268 g/mol.